The third-order valence-corrected chi connectivity index (χ3v) is 5.02. The zero-order valence-corrected chi connectivity index (χ0v) is 16.9. The van der Waals surface area contributed by atoms with Crippen molar-refractivity contribution in [2.45, 2.75) is 6.61 Å². The minimum atomic E-state index is -0.771. The number of rotatable bonds is 5. The van der Waals surface area contributed by atoms with Crippen molar-refractivity contribution in [2.24, 2.45) is 0 Å². The van der Waals surface area contributed by atoms with Crippen molar-refractivity contribution in [1.82, 2.24) is 0 Å². The molecule has 0 saturated heterocycles. The van der Waals surface area contributed by atoms with Gasteiger partial charge in [0, 0.05) is 11.1 Å². The summed E-state index contributed by atoms with van der Waals surface area (Å²) >= 11 is 0. The molecule has 3 aromatic carbocycles. The standard InChI is InChI=1S/C24H19NO6/c1-29-17-10-6-9-15-19(17)22(26)16-11-12-18(30-2)21(20(16)23(15)27)25-24(28)31-13-14-7-4-3-5-8-14/h3-12H,13H2,1-2H3,(H,25,28). The Hall–Kier alpha value is -4.13. The molecule has 1 N–H and O–H groups in total. The van der Waals surface area contributed by atoms with Crippen LogP contribution in [0.3, 0.4) is 0 Å². The smallest absolute Gasteiger partial charge is 0.412 e. The summed E-state index contributed by atoms with van der Waals surface area (Å²) in [5.74, 6) is -0.233. The lowest BCUT2D eigenvalue weighted by Gasteiger charge is -2.23. The lowest BCUT2D eigenvalue weighted by atomic mass is 9.82. The Morgan fingerprint density at radius 2 is 1.45 bits per heavy atom. The summed E-state index contributed by atoms with van der Waals surface area (Å²) in [5.41, 5.74) is 1.51. The third kappa shape index (κ3) is 3.61. The van der Waals surface area contributed by atoms with E-state index in [1.54, 1.807) is 18.2 Å². The van der Waals surface area contributed by atoms with Crippen LogP contribution in [0.2, 0.25) is 0 Å². The monoisotopic (exact) mass is 417 g/mol. The third-order valence-electron chi connectivity index (χ3n) is 5.02. The number of hydrogen-bond donors (Lipinski definition) is 1. The molecule has 0 atom stereocenters. The fourth-order valence-electron chi connectivity index (χ4n) is 3.56. The minimum Gasteiger partial charge on any atom is -0.496 e. The number of benzene rings is 3. The number of carbonyl (C=O) groups is 3. The molecule has 0 radical (unpaired) electrons. The van der Waals surface area contributed by atoms with Gasteiger partial charge in [0.1, 0.15) is 18.1 Å². The van der Waals surface area contributed by atoms with Crippen molar-refractivity contribution >= 4 is 23.3 Å². The number of ether oxygens (including phenoxy) is 3. The molecular formula is C24H19NO6. The first-order chi connectivity index (χ1) is 15.0. The Morgan fingerprint density at radius 3 is 2.16 bits per heavy atom. The minimum absolute atomic E-state index is 0.0525. The Bertz CT molecular complexity index is 1190. The lowest BCUT2D eigenvalue weighted by Crippen LogP contribution is -2.25. The number of nitrogens with one attached hydrogen (secondary N) is 1. The fraction of sp³-hybridized carbons (Fsp3) is 0.125. The maximum atomic E-state index is 13.3. The molecule has 0 heterocycles. The van der Waals surface area contributed by atoms with Crippen LogP contribution < -0.4 is 14.8 Å². The average Bonchev–Trinajstić information content (AvgIpc) is 2.81. The topological polar surface area (TPSA) is 90.9 Å². The van der Waals surface area contributed by atoms with Gasteiger partial charge in [0.2, 0.25) is 0 Å². The number of hydrogen-bond acceptors (Lipinski definition) is 6. The van der Waals surface area contributed by atoms with Crippen LogP contribution in [-0.2, 0) is 11.3 Å². The van der Waals surface area contributed by atoms with E-state index in [2.05, 4.69) is 5.32 Å². The number of amides is 1. The van der Waals surface area contributed by atoms with Crippen LogP contribution in [-0.4, -0.2) is 31.9 Å². The molecule has 0 spiro atoms. The lowest BCUT2D eigenvalue weighted by molar-refractivity contribution is 0.0976. The van der Waals surface area contributed by atoms with Gasteiger partial charge in [0.15, 0.2) is 11.6 Å². The van der Waals surface area contributed by atoms with Crippen molar-refractivity contribution in [1.29, 1.82) is 0 Å². The average molecular weight is 417 g/mol. The highest BCUT2D eigenvalue weighted by Crippen LogP contribution is 2.40. The SMILES string of the molecule is COc1ccc2c(c1NC(=O)OCc1ccccc1)C(=O)c1cccc(OC)c1C2=O. The maximum Gasteiger partial charge on any atom is 0.412 e. The van der Waals surface area contributed by atoms with Crippen molar-refractivity contribution in [3.8, 4) is 11.5 Å². The molecule has 7 heteroatoms. The van der Waals surface area contributed by atoms with E-state index >= 15 is 0 Å². The maximum absolute atomic E-state index is 13.3. The van der Waals surface area contributed by atoms with Crippen LogP contribution in [0.25, 0.3) is 0 Å². The summed E-state index contributed by atoms with van der Waals surface area (Å²) < 4.78 is 15.9. The van der Waals surface area contributed by atoms with Crippen LogP contribution in [0.5, 0.6) is 11.5 Å². The van der Waals surface area contributed by atoms with Gasteiger partial charge in [-0.05, 0) is 23.8 Å². The van der Waals surface area contributed by atoms with Gasteiger partial charge in [-0.25, -0.2) is 4.79 Å². The Balaban J connectivity index is 1.71. The summed E-state index contributed by atoms with van der Waals surface area (Å²) in [5, 5.41) is 2.58. The van der Waals surface area contributed by atoms with Crippen LogP contribution in [0.1, 0.15) is 37.4 Å². The number of ketones is 2. The summed E-state index contributed by atoms with van der Waals surface area (Å²) in [4.78, 5) is 38.9. The first-order valence-electron chi connectivity index (χ1n) is 9.50. The van der Waals surface area contributed by atoms with Gasteiger partial charge in [-0.15, -0.1) is 0 Å². The molecule has 4 rings (SSSR count). The fourth-order valence-corrected chi connectivity index (χ4v) is 3.56. The van der Waals surface area contributed by atoms with Gasteiger partial charge < -0.3 is 14.2 Å². The van der Waals surface area contributed by atoms with Crippen molar-refractivity contribution in [3.05, 3.63) is 88.5 Å². The van der Waals surface area contributed by atoms with Gasteiger partial charge in [-0.2, -0.15) is 0 Å². The number of fused-ring (bicyclic) bond motifs is 2. The molecule has 7 nitrogen and oxygen atoms in total. The Kier molecular flexibility index (Phi) is 5.41. The molecule has 1 aliphatic carbocycles. The van der Waals surface area contributed by atoms with Gasteiger partial charge in [0.25, 0.3) is 0 Å². The predicted octanol–water partition coefficient (Wildman–Crippen LogP) is 4.23. The molecule has 0 unspecified atom stereocenters. The zero-order valence-electron chi connectivity index (χ0n) is 16.9. The second kappa shape index (κ2) is 8.31. The summed E-state index contributed by atoms with van der Waals surface area (Å²) in [7, 11) is 2.85. The van der Waals surface area contributed by atoms with E-state index in [0.717, 1.165) is 5.56 Å². The molecule has 0 fully saturated rings. The molecule has 0 aliphatic heterocycles. The van der Waals surface area contributed by atoms with Gasteiger partial charge in [-0.3, -0.25) is 14.9 Å². The van der Waals surface area contributed by atoms with E-state index in [0.29, 0.717) is 5.75 Å². The van der Waals surface area contributed by atoms with Crippen molar-refractivity contribution < 1.29 is 28.6 Å². The number of anilines is 1. The molecule has 156 valence electrons. The molecule has 1 aliphatic rings. The summed E-state index contributed by atoms with van der Waals surface area (Å²) in [6.07, 6.45) is -0.771. The first-order valence-corrected chi connectivity index (χ1v) is 9.50. The number of carbonyl (C=O) groups excluding carboxylic acids is 3. The Labute approximate surface area is 178 Å². The highest BCUT2D eigenvalue weighted by atomic mass is 16.5. The van der Waals surface area contributed by atoms with Crippen LogP contribution in [0.15, 0.2) is 60.7 Å². The van der Waals surface area contributed by atoms with E-state index in [-0.39, 0.29) is 46.1 Å². The van der Waals surface area contributed by atoms with E-state index in [1.165, 1.54) is 26.4 Å². The van der Waals surface area contributed by atoms with Crippen LogP contribution in [0.4, 0.5) is 10.5 Å². The molecule has 3 aromatic rings. The van der Waals surface area contributed by atoms with E-state index in [4.69, 9.17) is 14.2 Å². The quantitative estimate of drug-likeness (QED) is 0.523. The summed E-state index contributed by atoms with van der Waals surface area (Å²) in [6.45, 7) is 0.0525. The van der Waals surface area contributed by atoms with E-state index < -0.39 is 11.9 Å². The van der Waals surface area contributed by atoms with Crippen molar-refractivity contribution in [3.63, 3.8) is 0 Å². The van der Waals surface area contributed by atoms with E-state index in [9.17, 15) is 14.4 Å². The zero-order chi connectivity index (χ0) is 22.0. The molecule has 0 bridgehead atoms. The molecule has 31 heavy (non-hydrogen) atoms. The molecule has 0 saturated carbocycles. The largest absolute Gasteiger partial charge is 0.496 e. The second-order valence-electron chi connectivity index (χ2n) is 6.79. The first kappa shape index (κ1) is 20.2. The molecule has 0 aromatic heterocycles. The Morgan fingerprint density at radius 1 is 0.774 bits per heavy atom. The second-order valence-corrected chi connectivity index (χ2v) is 6.79. The number of methoxy groups -OCH3 is 2. The van der Waals surface area contributed by atoms with Gasteiger partial charge >= 0.3 is 6.09 Å². The van der Waals surface area contributed by atoms with Gasteiger partial charge in [0.05, 0.1) is 31.0 Å². The van der Waals surface area contributed by atoms with E-state index in [1.807, 2.05) is 30.3 Å². The normalized spacial score (nSPS) is 11.9. The predicted molar refractivity (Wildman–Crippen MR) is 113 cm³/mol. The van der Waals surface area contributed by atoms with Gasteiger partial charge in [-0.1, -0.05) is 42.5 Å². The highest BCUT2D eigenvalue weighted by Gasteiger charge is 2.35. The molecular weight excluding hydrogens is 398 g/mol. The molecule has 1 amide bonds. The van der Waals surface area contributed by atoms with Crippen LogP contribution in [0, 0.1) is 0 Å². The summed E-state index contributed by atoms with van der Waals surface area (Å²) in [6, 6.07) is 17.0. The van der Waals surface area contributed by atoms with Crippen LogP contribution >= 0.6 is 0 Å². The van der Waals surface area contributed by atoms with Crippen molar-refractivity contribution in [2.75, 3.05) is 19.5 Å². The highest BCUT2D eigenvalue weighted by molar-refractivity contribution is 6.31.